The van der Waals surface area contributed by atoms with E-state index in [9.17, 15) is 9.59 Å². The highest BCUT2D eigenvalue weighted by Gasteiger charge is 2.32. The van der Waals surface area contributed by atoms with E-state index < -0.39 is 12.1 Å². The van der Waals surface area contributed by atoms with Gasteiger partial charge in [-0.2, -0.15) is 0 Å². The van der Waals surface area contributed by atoms with Crippen molar-refractivity contribution in [1.29, 1.82) is 0 Å². The second-order valence-corrected chi connectivity index (χ2v) is 6.32. The quantitative estimate of drug-likeness (QED) is 0.889. The van der Waals surface area contributed by atoms with E-state index in [1.165, 1.54) is 0 Å². The van der Waals surface area contributed by atoms with Crippen LogP contribution in [0.25, 0.3) is 0 Å². The van der Waals surface area contributed by atoms with Crippen molar-refractivity contribution in [1.82, 2.24) is 5.32 Å². The monoisotopic (exact) mass is 323 g/mol. The first-order valence-corrected chi connectivity index (χ1v) is 7.91. The van der Waals surface area contributed by atoms with Gasteiger partial charge in [0.15, 0.2) is 0 Å². The minimum absolute atomic E-state index is 0.0263. The molecule has 0 aromatic heterocycles. The molecule has 22 heavy (non-hydrogen) atoms. The van der Waals surface area contributed by atoms with Gasteiger partial charge in [-0.05, 0) is 30.9 Å². The third kappa shape index (κ3) is 3.59. The Hall–Kier alpha value is -1.59. The minimum atomic E-state index is -0.608. The van der Waals surface area contributed by atoms with Gasteiger partial charge in [-0.3, -0.25) is 9.59 Å². The molecule has 1 aliphatic rings. The van der Waals surface area contributed by atoms with E-state index in [2.05, 4.69) is 5.32 Å². The Morgan fingerprint density at radius 3 is 2.73 bits per heavy atom. The highest BCUT2D eigenvalue weighted by Crippen LogP contribution is 2.28. The van der Waals surface area contributed by atoms with Crippen LogP contribution in [0.5, 0.6) is 0 Å². The van der Waals surface area contributed by atoms with Crippen LogP contribution in [-0.2, 0) is 9.59 Å². The number of nitrogens with one attached hydrogen (secondary N) is 1. The summed E-state index contributed by atoms with van der Waals surface area (Å²) in [6.45, 7) is 4.36. The van der Waals surface area contributed by atoms with E-state index in [4.69, 9.17) is 17.3 Å². The Kier molecular flexibility index (Phi) is 5.42. The lowest BCUT2D eigenvalue weighted by molar-refractivity contribution is -0.129. The Morgan fingerprint density at radius 2 is 2.09 bits per heavy atom. The first-order chi connectivity index (χ1) is 10.4. The molecule has 1 fully saturated rings. The topological polar surface area (TPSA) is 75.4 Å². The number of benzene rings is 1. The van der Waals surface area contributed by atoms with Crippen molar-refractivity contribution in [3.63, 3.8) is 0 Å². The number of amides is 2. The van der Waals surface area contributed by atoms with Gasteiger partial charge < -0.3 is 16.0 Å². The molecule has 5 nitrogen and oxygen atoms in total. The normalized spacial score (nSPS) is 20.1. The molecule has 2 rings (SSSR count). The average Bonchev–Trinajstić information content (AvgIpc) is 2.49. The van der Waals surface area contributed by atoms with Crippen LogP contribution in [0.4, 0.5) is 5.69 Å². The van der Waals surface area contributed by atoms with Crippen LogP contribution >= 0.6 is 11.6 Å². The third-order valence-electron chi connectivity index (χ3n) is 3.92. The van der Waals surface area contributed by atoms with Crippen LogP contribution in [0.3, 0.4) is 0 Å². The molecule has 1 unspecified atom stereocenters. The molecule has 1 aromatic carbocycles. The maximum absolute atomic E-state index is 12.6. The fourth-order valence-corrected chi connectivity index (χ4v) is 2.73. The summed E-state index contributed by atoms with van der Waals surface area (Å²) in [5.74, 6) is -0.392. The number of nitrogens with two attached hydrogens (primary N) is 1. The zero-order valence-corrected chi connectivity index (χ0v) is 13.6. The Morgan fingerprint density at radius 1 is 1.41 bits per heavy atom. The second kappa shape index (κ2) is 7.11. The fourth-order valence-electron chi connectivity index (χ4n) is 2.49. The summed E-state index contributed by atoms with van der Waals surface area (Å²) in [5, 5.41) is 3.30. The summed E-state index contributed by atoms with van der Waals surface area (Å²) in [7, 11) is 0. The molecule has 0 spiro atoms. The van der Waals surface area contributed by atoms with Crippen LogP contribution in [0.2, 0.25) is 5.02 Å². The lowest BCUT2D eigenvalue weighted by Crippen LogP contribution is -2.56. The number of hydrogen-bond acceptors (Lipinski definition) is 3. The van der Waals surface area contributed by atoms with Gasteiger partial charge >= 0.3 is 0 Å². The van der Waals surface area contributed by atoms with Crippen LogP contribution < -0.4 is 16.0 Å². The van der Waals surface area contributed by atoms with E-state index in [1.807, 2.05) is 32.0 Å². The Labute approximate surface area is 135 Å². The second-order valence-electron chi connectivity index (χ2n) is 5.91. The zero-order valence-electron chi connectivity index (χ0n) is 12.9. The minimum Gasteiger partial charge on any atom is -0.343 e. The van der Waals surface area contributed by atoms with Gasteiger partial charge in [-0.1, -0.05) is 37.6 Å². The van der Waals surface area contributed by atoms with E-state index in [0.717, 1.165) is 6.42 Å². The molecule has 1 heterocycles. The van der Waals surface area contributed by atoms with E-state index in [0.29, 0.717) is 23.7 Å². The van der Waals surface area contributed by atoms with Gasteiger partial charge in [0.1, 0.15) is 6.04 Å². The van der Waals surface area contributed by atoms with E-state index in [-0.39, 0.29) is 17.7 Å². The molecule has 120 valence electrons. The number of carbonyl (C=O) groups excluding carboxylic acids is 2. The van der Waals surface area contributed by atoms with Crippen molar-refractivity contribution in [2.75, 3.05) is 11.4 Å². The number of piperidine rings is 1. The van der Waals surface area contributed by atoms with Crippen LogP contribution in [0.1, 0.15) is 26.7 Å². The summed E-state index contributed by atoms with van der Waals surface area (Å²) < 4.78 is 0. The summed E-state index contributed by atoms with van der Waals surface area (Å²) in [4.78, 5) is 26.3. The molecule has 1 aromatic rings. The first kappa shape index (κ1) is 16.8. The number of halogens is 1. The predicted molar refractivity (Wildman–Crippen MR) is 87.8 cm³/mol. The number of carbonyl (C=O) groups is 2. The first-order valence-electron chi connectivity index (χ1n) is 7.53. The summed E-state index contributed by atoms with van der Waals surface area (Å²) in [5.41, 5.74) is 6.52. The number of anilines is 1. The predicted octanol–water partition coefficient (Wildman–Crippen LogP) is 1.93. The number of rotatable bonds is 4. The zero-order chi connectivity index (χ0) is 16.3. The van der Waals surface area contributed by atoms with Gasteiger partial charge in [0.05, 0.1) is 16.8 Å². The maximum Gasteiger partial charge on any atom is 0.249 e. The van der Waals surface area contributed by atoms with Crippen LogP contribution in [0.15, 0.2) is 24.3 Å². The molecule has 0 aliphatic carbocycles. The Bertz CT molecular complexity index is 562. The smallest absolute Gasteiger partial charge is 0.249 e. The van der Waals surface area contributed by atoms with Crippen LogP contribution in [-0.4, -0.2) is 30.4 Å². The number of hydrogen-bond donors (Lipinski definition) is 2. The third-order valence-corrected chi connectivity index (χ3v) is 4.24. The van der Waals surface area contributed by atoms with Crippen molar-refractivity contribution < 1.29 is 9.59 Å². The van der Waals surface area contributed by atoms with Crippen molar-refractivity contribution in [2.45, 2.75) is 38.8 Å². The van der Waals surface area contributed by atoms with Crippen LogP contribution in [0, 0.1) is 5.92 Å². The molecule has 6 heteroatoms. The molecule has 0 saturated carbocycles. The lowest BCUT2D eigenvalue weighted by Gasteiger charge is -2.33. The molecule has 2 atom stereocenters. The molecule has 2 amide bonds. The van der Waals surface area contributed by atoms with Crippen molar-refractivity contribution in [3.05, 3.63) is 29.3 Å². The molecular formula is C16H22ClN3O2. The molecule has 0 bridgehead atoms. The SMILES string of the molecule is CC(C)[C@H](N)C(=O)NC1CCCN(c2ccccc2Cl)C1=O. The molecule has 0 radical (unpaired) electrons. The van der Waals surface area contributed by atoms with Gasteiger partial charge in [0.2, 0.25) is 11.8 Å². The maximum atomic E-state index is 12.6. The summed E-state index contributed by atoms with van der Waals surface area (Å²) in [6.07, 6.45) is 1.43. The van der Waals surface area contributed by atoms with E-state index >= 15 is 0 Å². The average molecular weight is 324 g/mol. The molecule has 1 saturated heterocycles. The molecular weight excluding hydrogens is 302 g/mol. The standard InChI is InChI=1S/C16H22ClN3O2/c1-10(2)14(18)15(21)19-12-7-5-9-20(16(12)22)13-8-4-3-6-11(13)17/h3-4,6,8,10,12,14H,5,7,9,18H2,1-2H3,(H,19,21)/t12?,14-/m0/s1. The Balaban J connectivity index is 2.11. The van der Waals surface area contributed by atoms with Gasteiger partial charge in [-0.15, -0.1) is 0 Å². The van der Waals surface area contributed by atoms with Crippen molar-refractivity contribution >= 4 is 29.1 Å². The largest absolute Gasteiger partial charge is 0.343 e. The summed E-state index contributed by atoms with van der Waals surface area (Å²) >= 11 is 6.17. The van der Waals surface area contributed by atoms with Gasteiger partial charge in [0.25, 0.3) is 0 Å². The van der Waals surface area contributed by atoms with Crippen molar-refractivity contribution in [3.8, 4) is 0 Å². The lowest BCUT2D eigenvalue weighted by atomic mass is 10.0. The van der Waals surface area contributed by atoms with Crippen molar-refractivity contribution in [2.24, 2.45) is 11.7 Å². The highest BCUT2D eigenvalue weighted by atomic mass is 35.5. The fraction of sp³-hybridized carbons (Fsp3) is 0.500. The highest BCUT2D eigenvalue weighted by molar-refractivity contribution is 6.33. The van der Waals surface area contributed by atoms with Gasteiger partial charge in [0, 0.05) is 6.54 Å². The molecule has 3 N–H and O–H groups in total. The van der Waals surface area contributed by atoms with Gasteiger partial charge in [-0.25, -0.2) is 0 Å². The summed E-state index contributed by atoms with van der Waals surface area (Å²) in [6, 6.07) is 6.07. The molecule has 1 aliphatic heterocycles. The van der Waals surface area contributed by atoms with E-state index in [1.54, 1.807) is 11.0 Å². The number of nitrogens with zero attached hydrogens (tertiary/aromatic N) is 1. The number of para-hydroxylation sites is 1.